The molecule has 1 saturated heterocycles. The van der Waals surface area contributed by atoms with Crippen molar-refractivity contribution < 1.29 is 9.53 Å². The molecule has 17 heavy (non-hydrogen) atoms. The first-order valence-corrected chi connectivity index (χ1v) is 5.70. The molecule has 5 nitrogen and oxygen atoms in total. The number of hydrogen-bond acceptors (Lipinski definition) is 4. The minimum absolute atomic E-state index is 0.0158. The second-order valence-corrected chi connectivity index (χ2v) is 4.10. The van der Waals surface area contributed by atoms with E-state index < -0.39 is 0 Å². The molecule has 1 aliphatic heterocycles. The number of ether oxygens (including phenoxy) is 1. The van der Waals surface area contributed by atoms with Crippen LogP contribution in [0.2, 0.25) is 0 Å². The lowest BCUT2D eigenvalue weighted by atomic mass is 10.1. The quantitative estimate of drug-likeness (QED) is 0.848. The van der Waals surface area contributed by atoms with Crippen LogP contribution in [0.15, 0.2) is 18.5 Å². The number of hydrogen-bond donors (Lipinski definition) is 1. The van der Waals surface area contributed by atoms with Gasteiger partial charge in [0.05, 0.1) is 18.2 Å². The molecule has 0 aliphatic carbocycles. The van der Waals surface area contributed by atoms with Crippen LogP contribution in [0.4, 0.5) is 5.69 Å². The Labute approximate surface area is 101 Å². The number of rotatable bonds is 3. The van der Waals surface area contributed by atoms with Crippen molar-refractivity contribution in [3.8, 4) is 0 Å². The number of nitrogens with one attached hydrogen (secondary N) is 1. The highest BCUT2D eigenvalue weighted by atomic mass is 16.5. The van der Waals surface area contributed by atoms with E-state index in [1.807, 2.05) is 7.05 Å². The second-order valence-electron chi connectivity index (χ2n) is 4.10. The number of aromatic nitrogens is 1. The van der Waals surface area contributed by atoms with Gasteiger partial charge in [0.25, 0.3) is 5.91 Å². The number of pyridine rings is 1. The van der Waals surface area contributed by atoms with Gasteiger partial charge in [-0.2, -0.15) is 0 Å². The van der Waals surface area contributed by atoms with Gasteiger partial charge in [0, 0.05) is 38.8 Å². The van der Waals surface area contributed by atoms with Crippen LogP contribution in [0, 0.1) is 0 Å². The summed E-state index contributed by atoms with van der Waals surface area (Å²) in [5, 5.41) is 3.00. The fourth-order valence-corrected chi connectivity index (χ4v) is 1.97. The van der Waals surface area contributed by atoms with Crippen molar-refractivity contribution in [3.63, 3.8) is 0 Å². The Kier molecular flexibility index (Phi) is 3.58. The van der Waals surface area contributed by atoms with Gasteiger partial charge in [-0.15, -0.1) is 0 Å². The molecule has 2 rings (SSSR count). The van der Waals surface area contributed by atoms with E-state index in [0.717, 1.165) is 18.7 Å². The van der Waals surface area contributed by atoms with Crippen LogP contribution in [-0.2, 0) is 4.74 Å². The van der Waals surface area contributed by atoms with Crippen molar-refractivity contribution in [2.24, 2.45) is 0 Å². The smallest absolute Gasteiger partial charge is 0.257 e. The summed E-state index contributed by atoms with van der Waals surface area (Å²) in [6.45, 7) is 1.35. The molecular weight excluding hydrogens is 218 g/mol. The van der Waals surface area contributed by atoms with Crippen LogP contribution in [0.5, 0.6) is 0 Å². The summed E-state index contributed by atoms with van der Waals surface area (Å²) in [5.74, 6) is -0.0158. The molecule has 2 heterocycles. The minimum atomic E-state index is -0.0158. The highest BCUT2D eigenvalue weighted by Crippen LogP contribution is 2.18. The van der Waals surface area contributed by atoms with Gasteiger partial charge < -0.3 is 15.0 Å². The van der Waals surface area contributed by atoms with E-state index in [1.54, 1.807) is 30.4 Å². The summed E-state index contributed by atoms with van der Waals surface area (Å²) in [6, 6.07) is 1.97. The lowest BCUT2D eigenvalue weighted by Crippen LogP contribution is -2.37. The largest absolute Gasteiger partial charge is 0.387 e. The van der Waals surface area contributed by atoms with Crippen molar-refractivity contribution in [3.05, 3.63) is 24.0 Å². The number of carbonyl (C=O) groups is 1. The van der Waals surface area contributed by atoms with Crippen LogP contribution >= 0.6 is 0 Å². The number of amides is 1. The summed E-state index contributed by atoms with van der Waals surface area (Å²) in [5.41, 5.74) is 1.40. The first-order valence-electron chi connectivity index (χ1n) is 5.70. The van der Waals surface area contributed by atoms with Crippen molar-refractivity contribution in [1.82, 2.24) is 9.88 Å². The maximum absolute atomic E-state index is 12.3. The van der Waals surface area contributed by atoms with Gasteiger partial charge in [0.1, 0.15) is 0 Å². The zero-order chi connectivity index (χ0) is 12.3. The number of likely N-dealkylation sites (N-methyl/N-ethyl adjacent to an activating group) is 1. The lowest BCUT2D eigenvalue weighted by molar-refractivity contribution is 0.0712. The van der Waals surface area contributed by atoms with Gasteiger partial charge >= 0.3 is 0 Å². The summed E-state index contributed by atoms with van der Waals surface area (Å²) in [6.07, 6.45) is 4.17. The van der Waals surface area contributed by atoms with Gasteiger partial charge in [0.2, 0.25) is 0 Å². The highest BCUT2D eigenvalue weighted by molar-refractivity contribution is 5.99. The van der Waals surface area contributed by atoms with E-state index in [2.05, 4.69) is 10.3 Å². The van der Waals surface area contributed by atoms with E-state index in [0.29, 0.717) is 12.2 Å². The molecule has 0 bridgehead atoms. The Bertz CT molecular complexity index is 402. The monoisotopic (exact) mass is 235 g/mol. The Morgan fingerprint density at radius 1 is 1.65 bits per heavy atom. The molecular formula is C12H17N3O2. The van der Waals surface area contributed by atoms with Crippen molar-refractivity contribution >= 4 is 11.6 Å². The predicted octanol–water partition coefficient (Wildman–Crippen LogP) is 0.984. The SMILES string of the molecule is CNc1ccncc1C(=O)N(C)C1CCOC1. The second kappa shape index (κ2) is 5.14. The van der Waals surface area contributed by atoms with Crippen molar-refractivity contribution in [1.29, 1.82) is 0 Å². The molecule has 1 unspecified atom stereocenters. The molecule has 1 fully saturated rings. The maximum atomic E-state index is 12.3. The molecule has 1 aromatic heterocycles. The Morgan fingerprint density at radius 3 is 3.12 bits per heavy atom. The Balaban J connectivity index is 2.18. The van der Waals surface area contributed by atoms with E-state index >= 15 is 0 Å². The average Bonchev–Trinajstić information content (AvgIpc) is 2.90. The fourth-order valence-electron chi connectivity index (χ4n) is 1.97. The summed E-state index contributed by atoms with van der Waals surface area (Å²) in [7, 11) is 3.61. The van der Waals surface area contributed by atoms with E-state index in [1.165, 1.54) is 0 Å². The van der Waals surface area contributed by atoms with E-state index in [-0.39, 0.29) is 11.9 Å². The lowest BCUT2D eigenvalue weighted by Gasteiger charge is -2.24. The predicted molar refractivity (Wildman–Crippen MR) is 65.1 cm³/mol. The molecule has 1 N–H and O–H groups in total. The zero-order valence-corrected chi connectivity index (χ0v) is 10.1. The first-order chi connectivity index (χ1) is 8.24. The summed E-state index contributed by atoms with van der Waals surface area (Å²) < 4.78 is 5.30. The van der Waals surface area contributed by atoms with Crippen LogP contribution in [-0.4, -0.2) is 49.1 Å². The Morgan fingerprint density at radius 2 is 2.47 bits per heavy atom. The number of nitrogens with zero attached hydrogens (tertiary/aromatic N) is 2. The number of carbonyl (C=O) groups excluding carboxylic acids is 1. The maximum Gasteiger partial charge on any atom is 0.257 e. The van der Waals surface area contributed by atoms with Crippen LogP contribution in [0.25, 0.3) is 0 Å². The summed E-state index contributed by atoms with van der Waals surface area (Å²) >= 11 is 0. The van der Waals surface area contributed by atoms with Crippen molar-refractivity contribution in [2.45, 2.75) is 12.5 Å². The van der Waals surface area contributed by atoms with E-state index in [4.69, 9.17) is 4.74 Å². The molecule has 0 radical (unpaired) electrons. The topological polar surface area (TPSA) is 54.5 Å². The summed E-state index contributed by atoms with van der Waals surface area (Å²) in [4.78, 5) is 18.0. The molecule has 1 atom stereocenters. The van der Waals surface area contributed by atoms with Gasteiger partial charge in [-0.3, -0.25) is 9.78 Å². The third-order valence-corrected chi connectivity index (χ3v) is 3.09. The Hall–Kier alpha value is -1.62. The van der Waals surface area contributed by atoms with Gasteiger partial charge in [0.15, 0.2) is 0 Å². The third kappa shape index (κ3) is 2.39. The molecule has 0 saturated carbocycles. The minimum Gasteiger partial charge on any atom is -0.387 e. The molecule has 92 valence electrons. The van der Waals surface area contributed by atoms with Crippen LogP contribution in [0.3, 0.4) is 0 Å². The van der Waals surface area contributed by atoms with Gasteiger partial charge in [-0.25, -0.2) is 0 Å². The molecule has 1 amide bonds. The van der Waals surface area contributed by atoms with Crippen LogP contribution < -0.4 is 5.32 Å². The third-order valence-electron chi connectivity index (χ3n) is 3.09. The number of anilines is 1. The van der Waals surface area contributed by atoms with E-state index in [9.17, 15) is 4.79 Å². The first kappa shape index (κ1) is 11.9. The molecule has 1 aliphatic rings. The van der Waals surface area contributed by atoms with Gasteiger partial charge in [-0.05, 0) is 12.5 Å². The standard InChI is InChI=1S/C12H17N3O2/c1-13-11-3-5-14-7-10(11)12(16)15(2)9-4-6-17-8-9/h3,5,7,9H,4,6,8H2,1-2H3,(H,13,14). The molecule has 5 heteroatoms. The molecule has 1 aromatic rings. The molecule has 0 spiro atoms. The molecule has 0 aromatic carbocycles. The van der Waals surface area contributed by atoms with Crippen LogP contribution in [0.1, 0.15) is 16.8 Å². The normalized spacial score (nSPS) is 19.1. The zero-order valence-electron chi connectivity index (χ0n) is 10.1. The van der Waals surface area contributed by atoms with Gasteiger partial charge in [-0.1, -0.05) is 0 Å². The fraction of sp³-hybridized carbons (Fsp3) is 0.500. The highest BCUT2D eigenvalue weighted by Gasteiger charge is 2.26. The van der Waals surface area contributed by atoms with Crippen molar-refractivity contribution in [2.75, 3.05) is 32.6 Å². The average molecular weight is 235 g/mol.